The summed E-state index contributed by atoms with van der Waals surface area (Å²) in [5.74, 6) is 1.76. The van der Waals surface area contributed by atoms with Crippen molar-refractivity contribution >= 4 is 11.8 Å². The van der Waals surface area contributed by atoms with E-state index in [2.05, 4.69) is 20.8 Å². The molecule has 4 heteroatoms. The number of carbonyl (C=O) groups is 2. The topological polar surface area (TPSA) is 63.6 Å². The molecule has 4 nitrogen and oxygen atoms in total. The summed E-state index contributed by atoms with van der Waals surface area (Å²) in [4.78, 5) is 23.3. The molecule has 4 aliphatic rings. The lowest BCUT2D eigenvalue weighted by molar-refractivity contribution is -0.194. The van der Waals surface area contributed by atoms with Gasteiger partial charge in [-0.15, -0.1) is 0 Å². The standard InChI is InChI=1S/C24H36O4/c1-15(14-28-16(2)25)19-7-8-20-21-6-5-17-13-18(26)9-10-23(17,4)24(21,27)12-11-22(19,20)3/h13,15,19-21,27H,5-12,14H2,1-4H3/t15-,19?,20?,21?,22-,23+,24-/m1/s1. The maximum atomic E-state index is 12.1. The Bertz CT molecular complexity index is 711. The van der Waals surface area contributed by atoms with Gasteiger partial charge in [0.2, 0.25) is 0 Å². The van der Waals surface area contributed by atoms with Crippen LogP contribution in [0.1, 0.15) is 79.1 Å². The molecule has 0 aromatic rings. The van der Waals surface area contributed by atoms with Crippen LogP contribution in [0.25, 0.3) is 0 Å². The Morgan fingerprint density at radius 3 is 2.64 bits per heavy atom. The second kappa shape index (κ2) is 6.68. The summed E-state index contributed by atoms with van der Waals surface area (Å²) in [5.41, 5.74) is 0.477. The van der Waals surface area contributed by atoms with Crippen LogP contribution in [0.15, 0.2) is 11.6 Å². The average molecular weight is 389 g/mol. The number of carbonyl (C=O) groups excluding carboxylic acids is 2. The zero-order chi connectivity index (χ0) is 20.3. The smallest absolute Gasteiger partial charge is 0.302 e. The first kappa shape index (κ1) is 20.1. The third-order valence-electron chi connectivity index (χ3n) is 9.46. The van der Waals surface area contributed by atoms with Gasteiger partial charge >= 0.3 is 5.97 Å². The number of ether oxygens (including phenoxy) is 1. The number of aliphatic hydroxyl groups is 1. The monoisotopic (exact) mass is 388 g/mol. The normalized spacial score (nSPS) is 46.1. The van der Waals surface area contributed by atoms with Gasteiger partial charge in [-0.3, -0.25) is 9.59 Å². The molecule has 3 fully saturated rings. The minimum atomic E-state index is -0.685. The van der Waals surface area contributed by atoms with Crippen LogP contribution in [0.4, 0.5) is 0 Å². The van der Waals surface area contributed by atoms with E-state index in [9.17, 15) is 14.7 Å². The van der Waals surface area contributed by atoms with Gasteiger partial charge in [-0.1, -0.05) is 26.3 Å². The largest absolute Gasteiger partial charge is 0.466 e. The molecule has 3 saturated carbocycles. The van der Waals surface area contributed by atoms with Crippen LogP contribution in [0.5, 0.6) is 0 Å². The summed E-state index contributed by atoms with van der Waals surface area (Å²) in [7, 11) is 0. The van der Waals surface area contributed by atoms with Crippen LogP contribution in [0.3, 0.4) is 0 Å². The van der Waals surface area contributed by atoms with Crippen LogP contribution >= 0.6 is 0 Å². The number of ketones is 1. The third-order valence-corrected chi connectivity index (χ3v) is 9.46. The highest BCUT2D eigenvalue weighted by molar-refractivity contribution is 5.91. The molecule has 4 rings (SSSR count). The third kappa shape index (κ3) is 2.74. The first-order valence-electron chi connectivity index (χ1n) is 11.2. The molecule has 4 aliphatic carbocycles. The van der Waals surface area contributed by atoms with Crippen molar-refractivity contribution < 1.29 is 19.4 Å². The summed E-state index contributed by atoms with van der Waals surface area (Å²) in [6.45, 7) is 8.85. The highest BCUT2D eigenvalue weighted by Gasteiger charge is 2.65. The highest BCUT2D eigenvalue weighted by Crippen LogP contribution is 2.68. The summed E-state index contributed by atoms with van der Waals surface area (Å²) >= 11 is 0. The number of hydrogen-bond donors (Lipinski definition) is 1. The number of rotatable bonds is 3. The second-order valence-corrected chi connectivity index (χ2v) is 10.6. The Morgan fingerprint density at radius 1 is 1.18 bits per heavy atom. The molecule has 0 bridgehead atoms. The quantitative estimate of drug-likeness (QED) is 0.726. The lowest BCUT2D eigenvalue weighted by atomic mass is 9.44. The van der Waals surface area contributed by atoms with Crippen LogP contribution in [0, 0.1) is 34.5 Å². The van der Waals surface area contributed by atoms with Crippen LogP contribution in [0.2, 0.25) is 0 Å². The van der Waals surface area contributed by atoms with Crippen molar-refractivity contribution in [2.24, 2.45) is 34.5 Å². The van der Waals surface area contributed by atoms with Gasteiger partial charge in [-0.05, 0) is 80.1 Å². The minimum absolute atomic E-state index is 0.198. The SMILES string of the molecule is CC(=O)OC[C@@H](C)C1CCC2C3CCC4=CC(=O)CC[C@]4(C)[C@@]3(O)CC[C@@]21C. The Balaban J connectivity index is 1.60. The molecule has 3 unspecified atom stereocenters. The molecule has 0 heterocycles. The summed E-state index contributed by atoms with van der Waals surface area (Å²) in [6.07, 6.45) is 9.33. The zero-order valence-corrected chi connectivity index (χ0v) is 17.9. The predicted octanol–water partition coefficient (Wildman–Crippen LogP) is 4.45. The molecule has 0 aliphatic heterocycles. The second-order valence-electron chi connectivity index (χ2n) is 10.6. The van der Waals surface area contributed by atoms with Crippen LogP contribution in [-0.2, 0) is 14.3 Å². The van der Waals surface area contributed by atoms with Crippen molar-refractivity contribution in [2.45, 2.75) is 84.7 Å². The highest BCUT2D eigenvalue weighted by atomic mass is 16.5. The molecule has 0 saturated heterocycles. The van der Waals surface area contributed by atoms with Gasteiger partial charge in [0.1, 0.15) is 0 Å². The van der Waals surface area contributed by atoms with E-state index in [1.165, 1.54) is 12.5 Å². The fourth-order valence-electron chi connectivity index (χ4n) is 7.84. The summed E-state index contributed by atoms with van der Waals surface area (Å²) in [6, 6.07) is 0. The van der Waals surface area contributed by atoms with Crippen LogP contribution in [-0.4, -0.2) is 29.1 Å². The Kier molecular flexibility index (Phi) is 4.80. The van der Waals surface area contributed by atoms with E-state index in [0.717, 1.165) is 44.9 Å². The van der Waals surface area contributed by atoms with Crippen molar-refractivity contribution in [1.29, 1.82) is 0 Å². The average Bonchev–Trinajstić information content (AvgIpc) is 2.98. The molecule has 0 aromatic carbocycles. The molecule has 0 amide bonds. The van der Waals surface area contributed by atoms with Gasteiger partial charge in [0, 0.05) is 18.8 Å². The van der Waals surface area contributed by atoms with E-state index in [1.54, 1.807) is 0 Å². The molecular formula is C24H36O4. The van der Waals surface area contributed by atoms with Crippen molar-refractivity contribution in [2.75, 3.05) is 6.61 Å². The lowest BCUT2D eigenvalue weighted by Crippen LogP contribution is -2.63. The number of esters is 1. The Morgan fingerprint density at radius 2 is 1.93 bits per heavy atom. The predicted molar refractivity (Wildman–Crippen MR) is 107 cm³/mol. The van der Waals surface area contributed by atoms with E-state index in [0.29, 0.717) is 36.7 Å². The Hall–Kier alpha value is -1.16. The molecule has 28 heavy (non-hydrogen) atoms. The molecule has 0 aromatic heterocycles. The zero-order valence-electron chi connectivity index (χ0n) is 17.9. The molecular weight excluding hydrogens is 352 g/mol. The molecule has 0 spiro atoms. The maximum Gasteiger partial charge on any atom is 0.302 e. The maximum absolute atomic E-state index is 12.1. The van der Waals surface area contributed by atoms with Crippen molar-refractivity contribution in [3.8, 4) is 0 Å². The fraction of sp³-hybridized carbons (Fsp3) is 0.833. The number of hydrogen-bond acceptors (Lipinski definition) is 4. The van der Waals surface area contributed by atoms with Gasteiger partial charge < -0.3 is 9.84 Å². The Labute approximate surface area is 169 Å². The van der Waals surface area contributed by atoms with Gasteiger partial charge in [-0.25, -0.2) is 0 Å². The molecule has 0 radical (unpaired) electrons. The summed E-state index contributed by atoms with van der Waals surface area (Å²) < 4.78 is 5.34. The number of fused-ring (bicyclic) bond motifs is 5. The van der Waals surface area contributed by atoms with E-state index in [-0.39, 0.29) is 22.6 Å². The first-order valence-corrected chi connectivity index (χ1v) is 11.2. The van der Waals surface area contributed by atoms with E-state index >= 15 is 0 Å². The molecule has 1 N–H and O–H groups in total. The van der Waals surface area contributed by atoms with Crippen LogP contribution < -0.4 is 0 Å². The fourth-order valence-corrected chi connectivity index (χ4v) is 7.84. The first-order chi connectivity index (χ1) is 13.1. The van der Waals surface area contributed by atoms with Gasteiger partial charge in [0.15, 0.2) is 5.78 Å². The van der Waals surface area contributed by atoms with Crippen molar-refractivity contribution in [1.82, 2.24) is 0 Å². The molecule has 156 valence electrons. The van der Waals surface area contributed by atoms with Gasteiger partial charge in [0.05, 0.1) is 12.2 Å². The minimum Gasteiger partial charge on any atom is -0.466 e. The van der Waals surface area contributed by atoms with E-state index in [4.69, 9.17) is 4.74 Å². The van der Waals surface area contributed by atoms with Crippen molar-refractivity contribution in [3.05, 3.63) is 11.6 Å². The summed E-state index contributed by atoms with van der Waals surface area (Å²) in [5, 5.41) is 12.1. The van der Waals surface area contributed by atoms with E-state index in [1.807, 2.05) is 6.08 Å². The lowest BCUT2D eigenvalue weighted by Gasteiger charge is -2.63. The van der Waals surface area contributed by atoms with Gasteiger partial charge in [0.25, 0.3) is 0 Å². The van der Waals surface area contributed by atoms with E-state index < -0.39 is 5.60 Å². The van der Waals surface area contributed by atoms with Crippen molar-refractivity contribution in [3.63, 3.8) is 0 Å². The van der Waals surface area contributed by atoms with Gasteiger partial charge in [-0.2, -0.15) is 0 Å². The molecule has 7 atom stereocenters.